The average Bonchev–Trinajstić information content (AvgIpc) is 2.30. The maximum atomic E-state index is 10.6. The summed E-state index contributed by atoms with van der Waals surface area (Å²) in [6, 6.07) is 12.4. The zero-order chi connectivity index (χ0) is 10.7. The number of benzene rings is 1. The van der Waals surface area contributed by atoms with Crippen molar-refractivity contribution in [1.29, 1.82) is 0 Å². The minimum atomic E-state index is -0.382. The van der Waals surface area contributed by atoms with Gasteiger partial charge in [0.15, 0.2) is 0 Å². The van der Waals surface area contributed by atoms with Crippen LogP contribution in [-0.4, -0.2) is 11.8 Å². The van der Waals surface area contributed by atoms with Gasteiger partial charge in [0.1, 0.15) is 0 Å². The van der Waals surface area contributed by atoms with Crippen LogP contribution in [0, 0.1) is 10.1 Å². The van der Waals surface area contributed by atoms with E-state index in [1.807, 2.05) is 37.1 Å². The molecule has 0 fully saturated rings. The van der Waals surface area contributed by atoms with Crippen LogP contribution in [0.5, 0.6) is 0 Å². The molecule has 0 spiro atoms. The van der Waals surface area contributed by atoms with Gasteiger partial charge in [-0.15, -0.1) is 0 Å². The summed E-state index contributed by atoms with van der Waals surface area (Å²) in [5.41, 5.74) is 1.97. The van der Waals surface area contributed by atoms with Gasteiger partial charge in [0.05, 0.1) is 0 Å². The number of nitro benzene ring substituents is 1. The molecule has 0 radical (unpaired) electrons. The predicted octanol–water partition coefficient (Wildman–Crippen LogP) is 2.60. The first kappa shape index (κ1) is 9.58. The van der Waals surface area contributed by atoms with Crippen LogP contribution in [0.3, 0.4) is 0 Å². The third kappa shape index (κ3) is 2.10. The number of non-ortho nitro benzene ring substituents is 1. The Kier molecular flexibility index (Phi) is 2.58. The molecule has 0 saturated carbocycles. The predicted molar refractivity (Wildman–Crippen MR) is 59.9 cm³/mol. The van der Waals surface area contributed by atoms with Crippen LogP contribution < -0.4 is 0 Å². The van der Waals surface area contributed by atoms with E-state index in [0.717, 1.165) is 11.0 Å². The molecule has 0 unspecified atom stereocenters. The second-order valence-electron chi connectivity index (χ2n) is 3.17. The molecule has 0 saturated heterocycles. The molecule has 1 heterocycles. The minimum absolute atomic E-state index is 0.122. The third-order valence-electron chi connectivity index (χ3n) is 2.16. The Labute approximate surface area is 87.7 Å². The second kappa shape index (κ2) is 4.04. The van der Waals surface area contributed by atoms with Crippen molar-refractivity contribution in [2.45, 2.75) is 0 Å². The number of hydrogen-bond acceptors (Lipinski definition) is 2. The average molecular weight is 197 g/mol. The van der Waals surface area contributed by atoms with Crippen molar-refractivity contribution < 1.29 is 4.92 Å². The molecule has 0 aliphatic heterocycles. The van der Waals surface area contributed by atoms with Gasteiger partial charge in [-0.3, -0.25) is 0 Å². The summed E-state index contributed by atoms with van der Waals surface area (Å²) in [4.78, 5) is 10.2. The van der Waals surface area contributed by atoms with Crippen molar-refractivity contribution in [3.05, 3.63) is 58.5 Å². The molecule has 15 heavy (non-hydrogen) atoms. The van der Waals surface area contributed by atoms with Crippen molar-refractivity contribution in [1.82, 2.24) is 0 Å². The molecule has 2 aromatic rings. The van der Waals surface area contributed by atoms with Gasteiger partial charge < -0.3 is 0 Å². The summed E-state index contributed by atoms with van der Waals surface area (Å²) in [5.74, 6) is 1.91. The molecule has 0 N–H and O–H groups in total. The molecule has 0 amide bonds. The Morgan fingerprint density at radius 2 is 2.00 bits per heavy atom. The van der Waals surface area contributed by atoms with E-state index >= 15 is 0 Å². The van der Waals surface area contributed by atoms with Crippen molar-refractivity contribution in [2.75, 3.05) is 0 Å². The van der Waals surface area contributed by atoms with E-state index in [2.05, 4.69) is 0 Å². The Morgan fingerprint density at radius 1 is 1.13 bits per heavy atom. The normalized spacial score (nSPS) is 9.60. The number of nitro groups is 1. The Bertz CT molecular complexity index is 485. The second-order valence-corrected chi connectivity index (χ2v) is 3.17. The van der Waals surface area contributed by atoms with E-state index in [1.54, 1.807) is 12.1 Å². The van der Waals surface area contributed by atoms with Crippen molar-refractivity contribution >= 4 is 12.6 Å². The first-order valence-electron chi connectivity index (χ1n) is 4.57. The fraction of sp³-hybridized carbons (Fsp3) is 0. The van der Waals surface area contributed by atoms with Crippen molar-refractivity contribution in [2.24, 2.45) is 0 Å². The van der Waals surface area contributed by atoms with Crippen molar-refractivity contribution in [3.63, 3.8) is 0 Å². The molecule has 4 heteroatoms. The van der Waals surface area contributed by atoms with E-state index in [1.165, 1.54) is 6.07 Å². The van der Waals surface area contributed by atoms with Crippen LogP contribution in [0.25, 0.3) is 11.0 Å². The zero-order valence-corrected chi connectivity index (χ0v) is 7.96. The first-order chi connectivity index (χ1) is 7.27. The quantitative estimate of drug-likeness (QED) is 0.548. The monoisotopic (exact) mass is 197 g/mol. The van der Waals surface area contributed by atoms with Crippen molar-refractivity contribution in [3.8, 4) is 11.0 Å². The maximum absolute atomic E-state index is 10.6. The number of nitrogens with zero attached hydrogens (tertiary/aromatic N) is 1. The molecule has 1 aromatic heterocycles. The molecule has 3 nitrogen and oxygen atoms in total. The van der Waals surface area contributed by atoms with E-state index < -0.39 is 0 Å². The fourth-order valence-corrected chi connectivity index (χ4v) is 1.43. The molecule has 0 bridgehead atoms. The summed E-state index contributed by atoms with van der Waals surface area (Å²) >= 11 is 0. The fourth-order valence-electron chi connectivity index (χ4n) is 1.43. The Morgan fingerprint density at radius 3 is 2.67 bits per heavy atom. The first-order valence-corrected chi connectivity index (χ1v) is 4.57. The molecule has 0 atom stereocenters. The Hall–Kier alpha value is -1.97. The summed E-state index contributed by atoms with van der Waals surface area (Å²) in [6.07, 6.45) is 0. The van der Waals surface area contributed by atoms with Gasteiger partial charge in [0.2, 0.25) is 0 Å². The molecule has 2 rings (SSSR count). The van der Waals surface area contributed by atoms with Gasteiger partial charge in [-0.25, -0.2) is 0 Å². The van der Waals surface area contributed by atoms with Gasteiger partial charge in [-0.1, -0.05) is 0 Å². The van der Waals surface area contributed by atoms with Crippen LogP contribution in [0.1, 0.15) is 0 Å². The van der Waals surface area contributed by atoms with E-state index in [9.17, 15) is 10.1 Å². The van der Waals surface area contributed by atoms with Crippen LogP contribution in [0.15, 0.2) is 48.4 Å². The SMILES string of the molecule is O=[N+]([O-])c1cccc(-c2bcccc2)c1. The standard InChI is InChI=1S/C11H8BNO2/c14-13(15)10-5-3-4-9(8-10)11-6-1-2-7-12-11/h1-8H. The molecule has 72 valence electrons. The van der Waals surface area contributed by atoms with E-state index in [0.29, 0.717) is 0 Å². The van der Waals surface area contributed by atoms with E-state index in [-0.39, 0.29) is 10.6 Å². The molecule has 0 aliphatic carbocycles. The summed E-state index contributed by atoms with van der Waals surface area (Å²) in [7, 11) is 0. The summed E-state index contributed by atoms with van der Waals surface area (Å²) in [6.45, 7) is 1.93. The van der Waals surface area contributed by atoms with Gasteiger partial charge >= 0.3 is 87.1 Å². The topological polar surface area (TPSA) is 43.1 Å². The molecular weight excluding hydrogens is 189 g/mol. The summed E-state index contributed by atoms with van der Waals surface area (Å²) < 4.78 is 0. The van der Waals surface area contributed by atoms with E-state index in [4.69, 9.17) is 0 Å². The van der Waals surface area contributed by atoms with Gasteiger partial charge in [-0.05, 0) is 0 Å². The zero-order valence-electron chi connectivity index (χ0n) is 7.96. The Balaban J connectivity index is 2.46. The molecule has 0 aliphatic rings. The van der Waals surface area contributed by atoms with Crippen LogP contribution in [-0.2, 0) is 0 Å². The number of rotatable bonds is 2. The molecule has 1 aromatic carbocycles. The van der Waals surface area contributed by atoms with Crippen LogP contribution in [0.4, 0.5) is 5.69 Å². The van der Waals surface area contributed by atoms with Gasteiger partial charge in [-0.2, -0.15) is 0 Å². The van der Waals surface area contributed by atoms with Crippen LogP contribution in [0.2, 0.25) is 0 Å². The summed E-state index contributed by atoms with van der Waals surface area (Å²) in [5, 5.41) is 10.6. The third-order valence-corrected chi connectivity index (χ3v) is 2.16. The number of hydrogen-bond donors (Lipinski definition) is 0. The van der Waals surface area contributed by atoms with Gasteiger partial charge in [0, 0.05) is 0 Å². The van der Waals surface area contributed by atoms with Crippen LogP contribution >= 0.6 is 0 Å². The van der Waals surface area contributed by atoms with Gasteiger partial charge in [0.25, 0.3) is 0 Å². The molecular formula is C11H8BNO2.